The number of thiophene rings is 1. The molecule has 3 aromatic heterocycles. The fraction of sp³-hybridized carbons (Fsp3) is 0.100. The lowest BCUT2D eigenvalue weighted by molar-refractivity contribution is 0.472. The predicted octanol–water partition coefficient (Wildman–Crippen LogP) is 4.91. The van der Waals surface area contributed by atoms with Crippen molar-refractivity contribution >= 4 is 28.1 Å². The van der Waals surface area contributed by atoms with E-state index in [1.54, 1.807) is 23.7 Å². The monoisotopic (exact) mass is 347 g/mol. The average Bonchev–Trinajstić information content (AvgIpc) is 3.15. The van der Waals surface area contributed by atoms with Crippen molar-refractivity contribution in [3.63, 3.8) is 0 Å². The van der Waals surface area contributed by atoms with Crippen molar-refractivity contribution in [3.8, 4) is 5.75 Å². The van der Waals surface area contributed by atoms with E-state index in [0.717, 1.165) is 27.9 Å². The van der Waals surface area contributed by atoms with Gasteiger partial charge in [0, 0.05) is 23.3 Å². The minimum Gasteiger partial charge on any atom is -0.505 e. The maximum Gasteiger partial charge on any atom is 0.147 e. The van der Waals surface area contributed by atoms with Crippen molar-refractivity contribution < 1.29 is 5.11 Å². The van der Waals surface area contributed by atoms with Crippen LogP contribution in [0.2, 0.25) is 0 Å². The molecule has 4 rings (SSSR count). The van der Waals surface area contributed by atoms with Crippen molar-refractivity contribution in [1.29, 1.82) is 0 Å². The van der Waals surface area contributed by atoms with Crippen LogP contribution in [0.3, 0.4) is 0 Å². The normalized spacial score (nSPS) is 12.2. The maximum atomic E-state index is 10.8. The number of phenols is 1. The van der Waals surface area contributed by atoms with Gasteiger partial charge in [-0.05, 0) is 53.1 Å². The Labute approximate surface area is 149 Å². The van der Waals surface area contributed by atoms with Gasteiger partial charge >= 0.3 is 0 Å². The summed E-state index contributed by atoms with van der Waals surface area (Å²) in [5.41, 5.74) is 3.61. The van der Waals surface area contributed by atoms with Crippen LogP contribution in [-0.4, -0.2) is 15.1 Å². The van der Waals surface area contributed by atoms with Crippen LogP contribution in [0, 0.1) is 6.92 Å². The molecule has 0 aliphatic carbocycles. The summed E-state index contributed by atoms with van der Waals surface area (Å²) in [5, 5.41) is 19.3. The summed E-state index contributed by atoms with van der Waals surface area (Å²) in [4.78, 5) is 8.74. The molecule has 0 amide bonds. The Morgan fingerprint density at radius 3 is 2.80 bits per heavy atom. The fourth-order valence-electron chi connectivity index (χ4n) is 2.92. The summed E-state index contributed by atoms with van der Waals surface area (Å²) < 4.78 is 0. The van der Waals surface area contributed by atoms with Crippen molar-refractivity contribution in [3.05, 3.63) is 82.3 Å². The molecule has 0 saturated heterocycles. The number of aromatic nitrogens is 2. The fourth-order valence-corrected chi connectivity index (χ4v) is 3.61. The Morgan fingerprint density at radius 1 is 1.08 bits per heavy atom. The Morgan fingerprint density at radius 2 is 2.00 bits per heavy atom. The van der Waals surface area contributed by atoms with Gasteiger partial charge in [-0.15, -0.1) is 0 Å². The summed E-state index contributed by atoms with van der Waals surface area (Å²) in [6, 6.07) is 13.6. The zero-order chi connectivity index (χ0) is 17.2. The maximum absolute atomic E-state index is 10.8. The number of nitrogens with zero attached hydrogens (tertiary/aromatic N) is 2. The molecule has 1 atom stereocenters. The van der Waals surface area contributed by atoms with Crippen LogP contribution in [0.1, 0.15) is 22.7 Å². The quantitative estimate of drug-likeness (QED) is 0.551. The minimum atomic E-state index is -0.202. The Balaban J connectivity index is 1.83. The first kappa shape index (κ1) is 15.6. The molecule has 0 aliphatic heterocycles. The molecule has 5 heteroatoms. The second kappa shape index (κ2) is 6.53. The van der Waals surface area contributed by atoms with Crippen molar-refractivity contribution in [2.24, 2.45) is 0 Å². The number of aryl methyl sites for hydroxylation is 1. The number of fused-ring (bicyclic) bond motifs is 1. The van der Waals surface area contributed by atoms with Gasteiger partial charge in [-0.1, -0.05) is 18.2 Å². The summed E-state index contributed by atoms with van der Waals surface area (Å²) >= 11 is 1.63. The van der Waals surface area contributed by atoms with E-state index >= 15 is 0 Å². The third-order valence-electron chi connectivity index (χ3n) is 4.17. The van der Waals surface area contributed by atoms with Gasteiger partial charge in [-0.25, -0.2) is 4.98 Å². The molecular weight excluding hydrogens is 330 g/mol. The molecular formula is C20H17N3OS. The number of aromatic hydroxyl groups is 1. The van der Waals surface area contributed by atoms with Gasteiger partial charge in [0.2, 0.25) is 0 Å². The molecule has 0 fully saturated rings. The van der Waals surface area contributed by atoms with Crippen LogP contribution < -0.4 is 5.32 Å². The number of nitrogens with one attached hydrogen (secondary N) is 1. The van der Waals surface area contributed by atoms with Crippen LogP contribution in [0.5, 0.6) is 5.75 Å². The van der Waals surface area contributed by atoms with E-state index in [2.05, 4.69) is 26.7 Å². The zero-order valence-corrected chi connectivity index (χ0v) is 14.5. The highest BCUT2D eigenvalue weighted by Gasteiger charge is 2.20. The minimum absolute atomic E-state index is 0.202. The Bertz CT molecular complexity index is 1010. The number of anilines is 1. The molecule has 2 N–H and O–H groups in total. The zero-order valence-electron chi connectivity index (χ0n) is 13.7. The number of pyridine rings is 2. The van der Waals surface area contributed by atoms with E-state index in [0.29, 0.717) is 5.52 Å². The van der Waals surface area contributed by atoms with Gasteiger partial charge in [0.25, 0.3) is 0 Å². The highest BCUT2D eigenvalue weighted by atomic mass is 32.1. The van der Waals surface area contributed by atoms with E-state index in [-0.39, 0.29) is 11.8 Å². The van der Waals surface area contributed by atoms with Crippen LogP contribution >= 0.6 is 11.3 Å². The lowest BCUT2D eigenvalue weighted by Gasteiger charge is -2.21. The highest BCUT2D eigenvalue weighted by Crippen LogP contribution is 2.36. The Hall–Kier alpha value is -2.92. The number of hydrogen-bond acceptors (Lipinski definition) is 5. The van der Waals surface area contributed by atoms with E-state index in [4.69, 9.17) is 0 Å². The first-order valence-electron chi connectivity index (χ1n) is 8.00. The molecule has 4 nitrogen and oxygen atoms in total. The lowest BCUT2D eigenvalue weighted by atomic mass is 9.98. The van der Waals surface area contributed by atoms with Crippen molar-refractivity contribution in [1.82, 2.24) is 9.97 Å². The van der Waals surface area contributed by atoms with Gasteiger partial charge in [-0.3, -0.25) is 4.98 Å². The summed E-state index contributed by atoms with van der Waals surface area (Å²) in [6.45, 7) is 2.03. The largest absolute Gasteiger partial charge is 0.505 e. The van der Waals surface area contributed by atoms with Crippen molar-refractivity contribution in [2.45, 2.75) is 13.0 Å². The molecule has 0 bridgehead atoms. The molecule has 1 aromatic carbocycles. The number of benzene rings is 1. The van der Waals surface area contributed by atoms with Gasteiger partial charge in [0.15, 0.2) is 0 Å². The van der Waals surface area contributed by atoms with E-state index in [9.17, 15) is 5.11 Å². The summed E-state index contributed by atoms with van der Waals surface area (Å²) in [7, 11) is 0. The van der Waals surface area contributed by atoms with Crippen LogP contribution in [-0.2, 0) is 0 Å². The molecule has 25 heavy (non-hydrogen) atoms. The molecule has 0 unspecified atom stereocenters. The second-order valence-electron chi connectivity index (χ2n) is 5.93. The van der Waals surface area contributed by atoms with E-state index in [1.165, 1.54) is 0 Å². The molecule has 0 radical (unpaired) electrons. The van der Waals surface area contributed by atoms with Gasteiger partial charge < -0.3 is 10.4 Å². The standard InChI is InChI=1S/C20H17N3OS/c1-13-6-9-21-17(11-13)23-18(15-7-10-25-12-15)16-5-4-14-3-2-8-22-19(14)20(16)24/h2-12,18,24H,1H3,(H,21,23)/t18-/m0/s1. The summed E-state index contributed by atoms with van der Waals surface area (Å²) in [5.74, 6) is 0.978. The van der Waals surface area contributed by atoms with E-state index < -0.39 is 0 Å². The Kier molecular flexibility index (Phi) is 4.07. The first-order chi connectivity index (χ1) is 12.2. The van der Waals surface area contributed by atoms with Crippen molar-refractivity contribution in [2.75, 3.05) is 5.32 Å². The number of phenolic OH excluding ortho intramolecular Hbond substituents is 1. The molecule has 0 aliphatic rings. The number of hydrogen-bond donors (Lipinski definition) is 2. The van der Waals surface area contributed by atoms with Gasteiger partial charge in [-0.2, -0.15) is 11.3 Å². The molecule has 0 spiro atoms. The summed E-state index contributed by atoms with van der Waals surface area (Å²) in [6.07, 6.45) is 3.48. The molecule has 3 heterocycles. The third-order valence-corrected chi connectivity index (χ3v) is 4.88. The van der Waals surface area contributed by atoms with Crippen LogP contribution in [0.25, 0.3) is 10.9 Å². The smallest absolute Gasteiger partial charge is 0.147 e. The first-order valence-corrected chi connectivity index (χ1v) is 8.94. The van der Waals surface area contributed by atoms with Crippen LogP contribution in [0.15, 0.2) is 65.6 Å². The number of rotatable bonds is 4. The third kappa shape index (κ3) is 3.06. The van der Waals surface area contributed by atoms with Gasteiger partial charge in [0.1, 0.15) is 17.1 Å². The average molecular weight is 347 g/mol. The predicted molar refractivity (Wildman–Crippen MR) is 102 cm³/mol. The lowest BCUT2D eigenvalue weighted by Crippen LogP contribution is -2.13. The van der Waals surface area contributed by atoms with Crippen LogP contribution in [0.4, 0.5) is 5.82 Å². The highest BCUT2D eigenvalue weighted by molar-refractivity contribution is 7.08. The molecule has 0 saturated carbocycles. The SMILES string of the molecule is Cc1ccnc(N[C@@H](c2ccsc2)c2ccc3cccnc3c2O)c1. The molecule has 124 valence electrons. The van der Waals surface area contributed by atoms with E-state index in [1.807, 2.05) is 48.7 Å². The topological polar surface area (TPSA) is 58.0 Å². The second-order valence-corrected chi connectivity index (χ2v) is 6.71. The molecule has 4 aromatic rings. The van der Waals surface area contributed by atoms with Gasteiger partial charge in [0.05, 0.1) is 6.04 Å².